The van der Waals surface area contributed by atoms with Crippen LogP contribution >= 0.6 is 0 Å². The van der Waals surface area contributed by atoms with Gasteiger partial charge in [0.1, 0.15) is 6.10 Å². The molecule has 1 aromatic carbocycles. The summed E-state index contributed by atoms with van der Waals surface area (Å²) in [5.74, 6) is 1.44. The van der Waals surface area contributed by atoms with Crippen molar-refractivity contribution in [2.75, 3.05) is 33.4 Å². The molecule has 2 bridgehead atoms. The van der Waals surface area contributed by atoms with Crippen LogP contribution in [0, 0.1) is 17.3 Å². The maximum Gasteiger partial charge on any atom is 0.250 e. The number of carbonyl (C=O) groups excluding carboxylic acids is 1. The highest BCUT2D eigenvalue weighted by molar-refractivity contribution is 5.81. The van der Waals surface area contributed by atoms with Crippen LogP contribution in [-0.2, 0) is 20.8 Å². The summed E-state index contributed by atoms with van der Waals surface area (Å²) in [6.45, 7) is 6.18. The van der Waals surface area contributed by atoms with Crippen molar-refractivity contribution in [1.29, 1.82) is 0 Å². The van der Waals surface area contributed by atoms with Crippen LogP contribution in [0.1, 0.15) is 51.0 Å². The molecule has 1 aliphatic heterocycles. The zero-order valence-corrected chi connectivity index (χ0v) is 18.6. The van der Waals surface area contributed by atoms with Gasteiger partial charge in [0.2, 0.25) is 0 Å². The molecule has 5 atom stereocenters. The van der Waals surface area contributed by atoms with E-state index in [0.29, 0.717) is 24.5 Å². The van der Waals surface area contributed by atoms with Crippen LogP contribution in [0.2, 0.25) is 0 Å². The van der Waals surface area contributed by atoms with Gasteiger partial charge in [-0.15, -0.1) is 0 Å². The quantitative estimate of drug-likeness (QED) is 0.740. The minimum absolute atomic E-state index is 0.0793. The molecule has 2 saturated carbocycles. The van der Waals surface area contributed by atoms with Crippen LogP contribution in [-0.4, -0.2) is 56.4 Å². The van der Waals surface area contributed by atoms with Crippen LogP contribution in [0.4, 0.5) is 0 Å². The number of benzene rings is 1. The summed E-state index contributed by atoms with van der Waals surface area (Å²) in [4.78, 5) is 15.4. The van der Waals surface area contributed by atoms with Crippen molar-refractivity contribution in [3.63, 3.8) is 0 Å². The molecule has 30 heavy (non-hydrogen) atoms. The van der Waals surface area contributed by atoms with Gasteiger partial charge in [-0.1, -0.05) is 37.3 Å². The number of hydrogen-bond donors (Lipinski definition) is 1. The lowest BCUT2D eigenvalue weighted by Crippen LogP contribution is -2.55. The van der Waals surface area contributed by atoms with E-state index in [0.717, 1.165) is 38.5 Å². The van der Waals surface area contributed by atoms with Crippen LogP contribution < -0.4 is 5.32 Å². The molecule has 3 aliphatic rings. The molecular weight excluding hydrogens is 376 g/mol. The highest BCUT2D eigenvalue weighted by atomic mass is 16.5. The summed E-state index contributed by atoms with van der Waals surface area (Å²) >= 11 is 0. The van der Waals surface area contributed by atoms with Gasteiger partial charge in [-0.05, 0) is 61.3 Å². The molecule has 1 heterocycles. The molecule has 1 N–H and O–H groups in total. The van der Waals surface area contributed by atoms with Crippen LogP contribution in [0.5, 0.6) is 0 Å². The molecule has 5 heteroatoms. The van der Waals surface area contributed by atoms with Crippen molar-refractivity contribution in [2.45, 2.75) is 64.1 Å². The monoisotopic (exact) mass is 414 g/mol. The van der Waals surface area contributed by atoms with Crippen LogP contribution in [0.25, 0.3) is 0 Å². The normalized spacial score (nSPS) is 34.5. The summed E-state index contributed by atoms with van der Waals surface area (Å²) < 4.78 is 11.5. The molecule has 166 valence electrons. The number of nitrogens with one attached hydrogen (secondary N) is 1. The highest BCUT2D eigenvalue weighted by Gasteiger charge is 2.45. The van der Waals surface area contributed by atoms with Gasteiger partial charge in [0.15, 0.2) is 0 Å². The molecule has 1 amide bonds. The topological polar surface area (TPSA) is 50.8 Å². The summed E-state index contributed by atoms with van der Waals surface area (Å²) in [5.41, 5.74) is 1.58. The van der Waals surface area contributed by atoms with Gasteiger partial charge in [-0.3, -0.25) is 9.69 Å². The molecule has 5 nitrogen and oxygen atoms in total. The highest BCUT2D eigenvalue weighted by Crippen LogP contribution is 2.50. The van der Waals surface area contributed by atoms with Crippen molar-refractivity contribution in [2.24, 2.45) is 17.3 Å². The zero-order chi connectivity index (χ0) is 21.0. The van der Waals surface area contributed by atoms with Crippen LogP contribution in [0.15, 0.2) is 30.3 Å². The zero-order valence-electron chi connectivity index (χ0n) is 18.6. The maximum absolute atomic E-state index is 13.1. The smallest absolute Gasteiger partial charge is 0.250 e. The molecule has 2 aliphatic carbocycles. The standard InChI is InChI=1S/C25H38N2O3/c1-3-25(18-29-2)14-20-9-10-22(21(13-20)15-25)26-24(28)23-17-27(11-12-30-23)16-19-7-5-4-6-8-19/h4-8,20-23H,3,9-18H2,1-2H3,(H,26,28)/t20?,21?,22?,23?,25-/m1/s1. The average Bonchev–Trinajstić information content (AvgIpc) is 2.77. The van der Waals surface area contributed by atoms with Crippen molar-refractivity contribution < 1.29 is 14.3 Å². The Morgan fingerprint density at radius 2 is 2.10 bits per heavy atom. The van der Waals surface area contributed by atoms with Crippen molar-refractivity contribution in [3.8, 4) is 0 Å². The van der Waals surface area contributed by atoms with Crippen molar-refractivity contribution >= 4 is 5.91 Å². The van der Waals surface area contributed by atoms with Gasteiger partial charge in [0.25, 0.3) is 5.91 Å². The first-order valence-electron chi connectivity index (χ1n) is 11.8. The lowest BCUT2D eigenvalue weighted by Gasteiger charge is -2.50. The third kappa shape index (κ3) is 5.06. The Bertz CT molecular complexity index is 697. The second kappa shape index (κ2) is 9.80. The van der Waals surface area contributed by atoms with Gasteiger partial charge in [-0.2, -0.15) is 0 Å². The Hall–Kier alpha value is -1.43. The van der Waals surface area contributed by atoms with Crippen molar-refractivity contribution in [1.82, 2.24) is 10.2 Å². The van der Waals surface area contributed by atoms with Gasteiger partial charge in [0.05, 0.1) is 13.2 Å². The van der Waals surface area contributed by atoms with Crippen molar-refractivity contribution in [3.05, 3.63) is 35.9 Å². The number of hydrogen-bond acceptors (Lipinski definition) is 4. The van der Waals surface area contributed by atoms with E-state index < -0.39 is 0 Å². The molecule has 4 rings (SSSR count). The fourth-order valence-electron chi connectivity index (χ4n) is 6.15. The summed E-state index contributed by atoms with van der Waals surface area (Å²) in [7, 11) is 1.82. The van der Waals surface area contributed by atoms with Gasteiger partial charge >= 0.3 is 0 Å². The van der Waals surface area contributed by atoms with E-state index in [-0.39, 0.29) is 18.1 Å². The lowest BCUT2D eigenvalue weighted by molar-refractivity contribution is -0.141. The predicted molar refractivity (Wildman–Crippen MR) is 118 cm³/mol. The first-order chi connectivity index (χ1) is 14.6. The first kappa shape index (κ1) is 21.8. The SMILES string of the molecule is CC[C@@]1(COC)CC2CCC(NC(=O)C3CN(Cc4ccccc4)CCO3)C(C2)C1. The van der Waals surface area contributed by atoms with Gasteiger partial charge in [0, 0.05) is 32.8 Å². The van der Waals surface area contributed by atoms with E-state index in [1.807, 2.05) is 13.2 Å². The number of amides is 1. The number of nitrogens with zero attached hydrogens (tertiary/aromatic N) is 1. The number of ether oxygens (including phenoxy) is 2. The second-order valence-electron chi connectivity index (χ2n) is 9.83. The van der Waals surface area contributed by atoms with Crippen LogP contribution in [0.3, 0.4) is 0 Å². The summed E-state index contributed by atoms with van der Waals surface area (Å²) in [6.07, 6.45) is 6.83. The molecule has 1 aromatic rings. The minimum atomic E-state index is -0.362. The number of methoxy groups -OCH3 is 1. The minimum Gasteiger partial charge on any atom is -0.384 e. The summed E-state index contributed by atoms with van der Waals surface area (Å²) in [6, 6.07) is 10.8. The molecule has 4 unspecified atom stereocenters. The number of rotatable bonds is 7. The fourth-order valence-corrected chi connectivity index (χ4v) is 6.15. The Morgan fingerprint density at radius 1 is 1.27 bits per heavy atom. The summed E-state index contributed by atoms with van der Waals surface area (Å²) in [5, 5.41) is 3.40. The first-order valence-corrected chi connectivity index (χ1v) is 11.8. The molecule has 0 spiro atoms. The lowest BCUT2D eigenvalue weighted by atomic mass is 9.58. The van der Waals surface area contributed by atoms with E-state index in [1.165, 1.54) is 31.2 Å². The third-order valence-electron chi connectivity index (χ3n) is 7.73. The average molecular weight is 415 g/mol. The molecule has 3 fully saturated rings. The van der Waals surface area contributed by atoms with E-state index in [9.17, 15) is 4.79 Å². The predicted octanol–water partition coefficient (Wildman–Crippen LogP) is 3.63. The fraction of sp³-hybridized carbons (Fsp3) is 0.720. The van der Waals surface area contributed by atoms with E-state index in [2.05, 4.69) is 41.4 Å². The van der Waals surface area contributed by atoms with E-state index in [4.69, 9.17) is 9.47 Å². The molecule has 0 aromatic heterocycles. The number of morpholine rings is 1. The second-order valence-corrected chi connectivity index (χ2v) is 9.83. The molecular formula is C25H38N2O3. The molecule has 1 saturated heterocycles. The third-order valence-corrected chi connectivity index (χ3v) is 7.73. The van der Waals surface area contributed by atoms with E-state index in [1.54, 1.807) is 0 Å². The Labute approximate surface area is 181 Å². The molecule has 0 radical (unpaired) electrons. The number of carbonyl (C=O) groups is 1. The van der Waals surface area contributed by atoms with E-state index >= 15 is 0 Å². The Balaban J connectivity index is 1.34. The van der Waals surface area contributed by atoms with Gasteiger partial charge < -0.3 is 14.8 Å². The number of fused-ring (bicyclic) bond motifs is 2. The maximum atomic E-state index is 13.1. The van der Waals surface area contributed by atoms with Gasteiger partial charge in [-0.25, -0.2) is 0 Å². The largest absolute Gasteiger partial charge is 0.384 e. The Morgan fingerprint density at radius 3 is 2.87 bits per heavy atom. The Kier molecular flexibility index (Phi) is 7.12.